The zero-order valence-electron chi connectivity index (χ0n) is 15.6. The van der Waals surface area contributed by atoms with Gasteiger partial charge in [-0.05, 0) is 69.6 Å². The molecule has 4 aliphatic rings. The van der Waals surface area contributed by atoms with Crippen LogP contribution < -0.4 is 5.69 Å². The van der Waals surface area contributed by atoms with Crippen LogP contribution in [0.4, 0.5) is 0 Å². The Kier molecular flexibility index (Phi) is 3.60. The molecule has 0 aliphatic heterocycles. The SMILES string of the molecule is CC(C)n1c(-c2ccccc2)c(O)n(C2C3CC4CC(C3)CC2C4)c1=O. The number of imidazole rings is 1. The number of benzene rings is 1. The molecule has 4 heteroatoms. The highest BCUT2D eigenvalue weighted by Gasteiger charge is 2.50. The normalized spacial score (nSPS) is 32.5. The maximum atomic E-state index is 13.4. The Hall–Kier alpha value is -1.97. The van der Waals surface area contributed by atoms with Gasteiger partial charge in [0.2, 0.25) is 5.88 Å². The van der Waals surface area contributed by atoms with E-state index in [9.17, 15) is 9.90 Å². The van der Waals surface area contributed by atoms with Gasteiger partial charge in [0.1, 0.15) is 5.69 Å². The van der Waals surface area contributed by atoms with Crippen LogP contribution >= 0.6 is 0 Å². The van der Waals surface area contributed by atoms with E-state index in [4.69, 9.17) is 0 Å². The van der Waals surface area contributed by atoms with Crippen LogP contribution in [0.2, 0.25) is 0 Å². The Labute approximate surface area is 154 Å². The van der Waals surface area contributed by atoms with Gasteiger partial charge in [0.25, 0.3) is 0 Å². The molecule has 0 amide bonds. The Bertz CT molecular complexity index is 850. The molecule has 6 rings (SSSR count). The fourth-order valence-corrected chi connectivity index (χ4v) is 6.45. The van der Waals surface area contributed by atoms with Gasteiger partial charge in [-0.15, -0.1) is 0 Å². The zero-order chi connectivity index (χ0) is 18.0. The average molecular weight is 352 g/mol. The summed E-state index contributed by atoms with van der Waals surface area (Å²) in [6, 6.07) is 10.0. The quantitative estimate of drug-likeness (QED) is 0.877. The van der Waals surface area contributed by atoms with Gasteiger partial charge in [-0.1, -0.05) is 30.3 Å². The molecule has 0 saturated heterocycles. The van der Waals surface area contributed by atoms with Crippen molar-refractivity contribution in [3.63, 3.8) is 0 Å². The molecule has 4 nitrogen and oxygen atoms in total. The number of nitrogens with zero attached hydrogens (tertiary/aromatic N) is 2. The van der Waals surface area contributed by atoms with Crippen molar-refractivity contribution in [1.29, 1.82) is 0 Å². The topological polar surface area (TPSA) is 47.2 Å². The molecule has 4 saturated carbocycles. The van der Waals surface area contributed by atoms with Crippen LogP contribution in [0.25, 0.3) is 11.3 Å². The summed E-state index contributed by atoms with van der Waals surface area (Å²) in [4.78, 5) is 13.4. The molecular weight excluding hydrogens is 324 g/mol. The first-order valence-electron chi connectivity index (χ1n) is 10.2. The van der Waals surface area contributed by atoms with Crippen molar-refractivity contribution in [2.24, 2.45) is 23.7 Å². The largest absolute Gasteiger partial charge is 0.493 e. The molecule has 4 bridgehead atoms. The van der Waals surface area contributed by atoms with Gasteiger partial charge in [0, 0.05) is 17.6 Å². The minimum absolute atomic E-state index is 0.0155. The maximum Gasteiger partial charge on any atom is 0.332 e. The molecule has 1 heterocycles. The highest BCUT2D eigenvalue weighted by atomic mass is 16.3. The van der Waals surface area contributed by atoms with Crippen molar-refractivity contribution >= 4 is 0 Å². The Morgan fingerprint density at radius 2 is 1.54 bits per heavy atom. The third-order valence-corrected chi connectivity index (χ3v) is 7.13. The Balaban J connectivity index is 1.68. The number of aromatic nitrogens is 2. The van der Waals surface area contributed by atoms with Crippen LogP contribution in [-0.2, 0) is 0 Å². The standard InChI is InChI=1S/C22H28N2O2/c1-13(2)23-20(16-6-4-3-5-7-16)21(25)24(22(23)26)19-17-9-14-8-15(11-17)12-18(19)10-14/h3-7,13-15,17-19,25H,8-12H2,1-2H3. The van der Waals surface area contributed by atoms with Crippen LogP contribution in [0.3, 0.4) is 0 Å². The van der Waals surface area contributed by atoms with Crippen molar-refractivity contribution in [3.05, 3.63) is 40.8 Å². The second kappa shape index (κ2) is 5.77. The molecule has 138 valence electrons. The zero-order valence-corrected chi connectivity index (χ0v) is 15.6. The van der Waals surface area contributed by atoms with E-state index in [0.717, 1.165) is 17.4 Å². The molecule has 4 aliphatic carbocycles. The minimum atomic E-state index is -0.0335. The van der Waals surface area contributed by atoms with Gasteiger partial charge < -0.3 is 5.11 Å². The van der Waals surface area contributed by atoms with Gasteiger partial charge in [0.05, 0.1) is 0 Å². The molecule has 1 aromatic heterocycles. The maximum absolute atomic E-state index is 13.4. The van der Waals surface area contributed by atoms with E-state index in [1.54, 1.807) is 9.13 Å². The molecule has 0 unspecified atom stereocenters. The Morgan fingerprint density at radius 1 is 0.962 bits per heavy atom. The van der Waals surface area contributed by atoms with Crippen molar-refractivity contribution in [1.82, 2.24) is 9.13 Å². The third kappa shape index (κ3) is 2.23. The summed E-state index contributed by atoms with van der Waals surface area (Å²) in [7, 11) is 0. The number of hydrogen-bond donors (Lipinski definition) is 1. The van der Waals surface area contributed by atoms with Gasteiger partial charge >= 0.3 is 5.69 Å². The van der Waals surface area contributed by atoms with E-state index < -0.39 is 0 Å². The lowest BCUT2D eigenvalue weighted by atomic mass is 9.54. The molecule has 1 N–H and O–H groups in total. The second-order valence-electron chi connectivity index (χ2n) is 9.08. The molecule has 0 radical (unpaired) electrons. The number of rotatable bonds is 3. The van der Waals surface area contributed by atoms with Gasteiger partial charge in [0.15, 0.2) is 0 Å². The lowest BCUT2D eigenvalue weighted by Crippen LogP contribution is -2.48. The lowest BCUT2D eigenvalue weighted by molar-refractivity contribution is -0.0326. The van der Waals surface area contributed by atoms with Gasteiger partial charge in [-0.2, -0.15) is 0 Å². The highest BCUT2D eigenvalue weighted by molar-refractivity contribution is 5.65. The van der Waals surface area contributed by atoms with E-state index in [1.165, 1.54) is 32.1 Å². The molecule has 0 spiro atoms. The monoisotopic (exact) mass is 352 g/mol. The average Bonchev–Trinajstić information content (AvgIpc) is 2.86. The van der Waals surface area contributed by atoms with E-state index >= 15 is 0 Å². The van der Waals surface area contributed by atoms with Crippen molar-refractivity contribution < 1.29 is 5.11 Å². The predicted octanol–water partition coefficient (Wildman–Crippen LogP) is 4.60. The van der Waals surface area contributed by atoms with Crippen molar-refractivity contribution in [2.75, 3.05) is 0 Å². The molecular formula is C22H28N2O2. The van der Waals surface area contributed by atoms with Crippen LogP contribution in [-0.4, -0.2) is 14.2 Å². The molecule has 26 heavy (non-hydrogen) atoms. The summed E-state index contributed by atoms with van der Waals surface area (Å²) in [5.41, 5.74) is 1.56. The summed E-state index contributed by atoms with van der Waals surface area (Å²) >= 11 is 0. The predicted molar refractivity (Wildman–Crippen MR) is 102 cm³/mol. The third-order valence-electron chi connectivity index (χ3n) is 7.13. The van der Waals surface area contributed by atoms with E-state index in [-0.39, 0.29) is 23.7 Å². The van der Waals surface area contributed by atoms with Crippen molar-refractivity contribution in [2.45, 2.75) is 58.0 Å². The molecule has 4 fully saturated rings. The fraction of sp³-hybridized carbons (Fsp3) is 0.591. The summed E-state index contributed by atoms with van der Waals surface area (Å²) < 4.78 is 3.56. The van der Waals surface area contributed by atoms with Crippen LogP contribution in [0, 0.1) is 23.7 Å². The van der Waals surface area contributed by atoms with Crippen LogP contribution in [0.5, 0.6) is 5.88 Å². The number of hydrogen-bond acceptors (Lipinski definition) is 2. The Morgan fingerprint density at radius 3 is 2.08 bits per heavy atom. The molecule has 1 aromatic carbocycles. The number of aromatic hydroxyl groups is 1. The van der Waals surface area contributed by atoms with E-state index in [1.807, 2.05) is 44.2 Å². The highest BCUT2D eigenvalue weighted by Crippen LogP contribution is 2.58. The smallest absolute Gasteiger partial charge is 0.332 e. The van der Waals surface area contributed by atoms with Crippen LogP contribution in [0.1, 0.15) is 58.0 Å². The summed E-state index contributed by atoms with van der Waals surface area (Å²) in [5, 5.41) is 11.2. The lowest BCUT2D eigenvalue weighted by Gasteiger charge is -2.54. The summed E-state index contributed by atoms with van der Waals surface area (Å²) in [6.07, 6.45) is 6.32. The summed E-state index contributed by atoms with van der Waals surface area (Å²) in [5.74, 6) is 3.00. The molecule has 2 aromatic rings. The first-order chi connectivity index (χ1) is 12.5. The van der Waals surface area contributed by atoms with Gasteiger partial charge in [-0.25, -0.2) is 4.79 Å². The fourth-order valence-electron chi connectivity index (χ4n) is 6.45. The van der Waals surface area contributed by atoms with Gasteiger partial charge in [-0.3, -0.25) is 9.13 Å². The van der Waals surface area contributed by atoms with E-state index in [0.29, 0.717) is 17.5 Å². The van der Waals surface area contributed by atoms with Crippen LogP contribution in [0.15, 0.2) is 35.1 Å². The summed E-state index contributed by atoms with van der Waals surface area (Å²) in [6.45, 7) is 4.04. The minimum Gasteiger partial charge on any atom is -0.493 e. The molecule has 0 atom stereocenters. The van der Waals surface area contributed by atoms with E-state index in [2.05, 4.69) is 0 Å². The first-order valence-corrected chi connectivity index (χ1v) is 10.2. The van der Waals surface area contributed by atoms with Crippen molar-refractivity contribution in [3.8, 4) is 17.1 Å². The second-order valence-corrected chi connectivity index (χ2v) is 9.08. The first kappa shape index (κ1) is 16.2.